The molecule has 0 radical (unpaired) electrons. The molecule has 6 heteroatoms. The van der Waals surface area contributed by atoms with Crippen LogP contribution in [0.25, 0.3) is 0 Å². The smallest absolute Gasteiger partial charge is 0.305 e. The van der Waals surface area contributed by atoms with Crippen molar-refractivity contribution >= 4 is 21.9 Å². The number of ether oxygens (including phenoxy) is 3. The number of hydrogen-bond donors (Lipinski definition) is 1. The SMILES string of the molecule is COC(=O)CC(C)C(O)c1cc(Br)c2c(c1)OCO2. The van der Waals surface area contributed by atoms with Crippen molar-refractivity contribution in [3.8, 4) is 11.5 Å². The van der Waals surface area contributed by atoms with Crippen molar-refractivity contribution in [1.29, 1.82) is 0 Å². The van der Waals surface area contributed by atoms with E-state index in [1.807, 2.05) is 0 Å². The van der Waals surface area contributed by atoms with Gasteiger partial charge in [-0.3, -0.25) is 4.79 Å². The van der Waals surface area contributed by atoms with Gasteiger partial charge in [0, 0.05) is 0 Å². The molecule has 1 aliphatic rings. The topological polar surface area (TPSA) is 65.0 Å². The molecule has 19 heavy (non-hydrogen) atoms. The van der Waals surface area contributed by atoms with E-state index >= 15 is 0 Å². The number of carbonyl (C=O) groups is 1. The van der Waals surface area contributed by atoms with E-state index in [9.17, 15) is 9.90 Å². The number of methoxy groups -OCH3 is 1. The van der Waals surface area contributed by atoms with Crippen LogP contribution in [0.3, 0.4) is 0 Å². The maximum absolute atomic E-state index is 11.2. The fraction of sp³-hybridized carbons (Fsp3) is 0.462. The van der Waals surface area contributed by atoms with Crippen molar-refractivity contribution in [2.45, 2.75) is 19.4 Å². The zero-order valence-electron chi connectivity index (χ0n) is 10.7. The van der Waals surface area contributed by atoms with Gasteiger partial charge in [0.25, 0.3) is 0 Å². The maximum atomic E-state index is 11.2. The molecule has 0 bridgehead atoms. The summed E-state index contributed by atoms with van der Waals surface area (Å²) in [5.74, 6) is 0.636. The van der Waals surface area contributed by atoms with Gasteiger partial charge in [0.05, 0.1) is 24.1 Å². The van der Waals surface area contributed by atoms with Crippen LogP contribution in [0.5, 0.6) is 11.5 Å². The van der Waals surface area contributed by atoms with E-state index in [0.29, 0.717) is 17.1 Å². The second-order valence-electron chi connectivity index (χ2n) is 4.44. The van der Waals surface area contributed by atoms with Gasteiger partial charge in [-0.1, -0.05) is 6.92 Å². The summed E-state index contributed by atoms with van der Waals surface area (Å²) in [4.78, 5) is 11.2. The van der Waals surface area contributed by atoms with Gasteiger partial charge in [-0.15, -0.1) is 0 Å². The van der Waals surface area contributed by atoms with Crippen molar-refractivity contribution in [3.63, 3.8) is 0 Å². The van der Waals surface area contributed by atoms with Crippen LogP contribution < -0.4 is 9.47 Å². The highest BCUT2D eigenvalue weighted by Crippen LogP contribution is 2.42. The predicted octanol–water partition coefficient (Wildman–Crippen LogP) is 2.41. The quantitative estimate of drug-likeness (QED) is 0.859. The van der Waals surface area contributed by atoms with Gasteiger partial charge < -0.3 is 19.3 Å². The van der Waals surface area contributed by atoms with Gasteiger partial charge in [-0.25, -0.2) is 0 Å². The molecule has 1 N–H and O–H groups in total. The van der Waals surface area contributed by atoms with E-state index < -0.39 is 6.10 Å². The third-order valence-corrected chi connectivity index (χ3v) is 3.64. The summed E-state index contributed by atoms with van der Waals surface area (Å²) in [5, 5.41) is 10.3. The number of benzene rings is 1. The molecule has 1 aromatic carbocycles. The molecule has 0 fully saturated rings. The number of fused-ring (bicyclic) bond motifs is 1. The number of aliphatic hydroxyl groups is 1. The highest BCUT2D eigenvalue weighted by Gasteiger charge is 2.24. The van der Waals surface area contributed by atoms with E-state index in [2.05, 4.69) is 20.7 Å². The molecule has 104 valence electrons. The zero-order valence-corrected chi connectivity index (χ0v) is 12.3. The Morgan fingerprint density at radius 2 is 2.26 bits per heavy atom. The second kappa shape index (κ2) is 5.79. The van der Waals surface area contributed by atoms with Crippen LogP contribution in [0.2, 0.25) is 0 Å². The summed E-state index contributed by atoms with van der Waals surface area (Å²) in [7, 11) is 1.33. The van der Waals surface area contributed by atoms with Gasteiger partial charge in [0.15, 0.2) is 11.5 Å². The molecule has 0 aliphatic carbocycles. The van der Waals surface area contributed by atoms with E-state index in [-0.39, 0.29) is 25.1 Å². The van der Waals surface area contributed by atoms with Crippen molar-refractivity contribution in [2.24, 2.45) is 5.92 Å². The summed E-state index contributed by atoms with van der Waals surface area (Å²) < 4.78 is 15.9. The van der Waals surface area contributed by atoms with Crippen molar-refractivity contribution in [2.75, 3.05) is 13.9 Å². The van der Waals surface area contributed by atoms with Gasteiger partial charge in [-0.05, 0) is 39.5 Å². The Bertz CT molecular complexity index is 488. The first-order valence-electron chi connectivity index (χ1n) is 5.87. The largest absolute Gasteiger partial charge is 0.469 e. The molecule has 2 unspecified atom stereocenters. The monoisotopic (exact) mass is 330 g/mol. The molecular formula is C13H15BrO5. The molecule has 1 heterocycles. The molecule has 0 saturated heterocycles. The summed E-state index contributed by atoms with van der Waals surface area (Å²) in [5.41, 5.74) is 0.674. The number of aliphatic hydroxyl groups excluding tert-OH is 1. The lowest BCUT2D eigenvalue weighted by Gasteiger charge is -2.18. The summed E-state index contributed by atoms with van der Waals surface area (Å²) in [6.07, 6.45) is -0.617. The van der Waals surface area contributed by atoms with Gasteiger partial charge in [-0.2, -0.15) is 0 Å². The first-order valence-corrected chi connectivity index (χ1v) is 6.66. The summed E-state index contributed by atoms with van der Waals surface area (Å²) in [6.45, 7) is 1.96. The third-order valence-electron chi connectivity index (χ3n) is 3.05. The molecule has 2 rings (SSSR count). The molecular weight excluding hydrogens is 316 g/mol. The fourth-order valence-electron chi connectivity index (χ4n) is 1.94. The Morgan fingerprint density at radius 1 is 1.53 bits per heavy atom. The molecule has 5 nitrogen and oxygen atoms in total. The Kier molecular flexibility index (Phi) is 4.31. The molecule has 1 aromatic rings. The van der Waals surface area contributed by atoms with Gasteiger partial charge in [0.1, 0.15) is 0 Å². The minimum Gasteiger partial charge on any atom is -0.469 e. The molecule has 0 amide bonds. The zero-order chi connectivity index (χ0) is 14.0. The van der Waals surface area contributed by atoms with Crippen LogP contribution in [0.1, 0.15) is 25.0 Å². The minimum atomic E-state index is -0.773. The highest BCUT2D eigenvalue weighted by atomic mass is 79.9. The molecule has 0 aromatic heterocycles. The Morgan fingerprint density at radius 3 is 2.95 bits per heavy atom. The van der Waals surface area contributed by atoms with Crippen LogP contribution in [0, 0.1) is 5.92 Å². The van der Waals surface area contributed by atoms with E-state index in [4.69, 9.17) is 9.47 Å². The number of halogens is 1. The fourth-order valence-corrected chi connectivity index (χ4v) is 2.52. The van der Waals surface area contributed by atoms with Gasteiger partial charge in [0.2, 0.25) is 6.79 Å². The maximum Gasteiger partial charge on any atom is 0.305 e. The average molecular weight is 331 g/mol. The summed E-state index contributed by atoms with van der Waals surface area (Å²) in [6, 6.07) is 3.50. The standard InChI is InChI=1S/C13H15BrO5/c1-7(3-11(15)17-2)12(16)8-4-9(14)13-10(5-8)18-6-19-13/h4-5,7,12,16H,3,6H2,1-2H3. The number of hydrogen-bond acceptors (Lipinski definition) is 5. The molecule has 2 atom stereocenters. The van der Waals surface area contributed by atoms with Crippen molar-refractivity contribution < 1.29 is 24.1 Å². The van der Waals surface area contributed by atoms with Crippen molar-refractivity contribution in [3.05, 3.63) is 22.2 Å². The van der Waals surface area contributed by atoms with Crippen LogP contribution in [-0.2, 0) is 9.53 Å². The Balaban J connectivity index is 2.17. The van der Waals surface area contributed by atoms with E-state index in [1.54, 1.807) is 19.1 Å². The molecule has 0 saturated carbocycles. The van der Waals surface area contributed by atoms with Crippen LogP contribution in [0.4, 0.5) is 0 Å². The lowest BCUT2D eigenvalue weighted by atomic mass is 9.94. The third kappa shape index (κ3) is 3.01. The first kappa shape index (κ1) is 14.1. The predicted molar refractivity (Wildman–Crippen MR) is 71.0 cm³/mol. The van der Waals surface area contributed by atoms with Crippen LogP contribution >= 0.6 is 15.9 Å². The first-order chi connectivity index (χ1) is 9.02. The molecule has 1 aliphatic heterocycles. The highest BCUT2D eigenvalue weighted by molar-refractivity contribution is 9.10. The second-order valence-corrected chi connectivity index (χ2v) is 5.29. The number of esters is 1. The Labute approximate surface area is 119 Å². The Hall–Kier alpha value is -1.27. The normalized spacial score (nSPS) is 16.0. The summed E-state index contributed by atoms with van der Waals surface area (Å²) >= 11 is 3.37. The molecule has 0 spiro atoms. The number of carbonyl (C=O) groups excluding carboxylic acids is 1. The van der Waals surface area contributed by atoms with Crippen LogP contribution in [-0.4, -0.2) is 25.0 Å². The van der Waals surface area contributed by atoms with Gasteiger partial charge >= 0.3 is 5.97 Å². The lowest BCUT2D eigenvalue weighted by Crippen LogP contribution is -2.15. The minimum absolute atomic E-state index is 0.156. The van der Waals surface area contributed by atoms with Crippen LogP contribution in [0.15, 0.2) is 16.6 Å². The number of rotatable bonds is 4. The van der Waals surface area contributed by atoms with E-state index in [0.717, 1.165) is 4.47 Å². The average Bonchev–Trinajstić information content (AvgIpc) is 2.86. The van der Waals surface area contributed by atoms with E-state index in [1.165, 1.54) is 7.11 Å². The lowest BCUT2D eigenvalue weighted by molar-refractivity contribution is -0.142. The van der Waals surface area contributed by atoms with Crippen molar-refractivity contribution in [1.82, 2.24) is 0 Å².